The van der Waals surface area contributed by atoms with Crippen LogP contribution in [0.3, 0.4) is 0 Å². The first-order valence-electron chi connectivity index (χ1n) is 6.23. The molecule has 1 aromatic carbocycles. The topological polar surface area (TPSA) is 75.5 Å². The van der Waals surface area contributed by atoms with Gasteiger partial charge in [0.15, 0.2) is 0 Å². The minimum absolute atomic E-state index is 0. The predicted octanol–water partition coefficient (Wildman–Crippen LogP) is 1.76. The monoisotopic (exact) mass is 299 g/mol. The lowest BCUT2D eigenvalue weighted by Gasteiger charge is -2.23. The van der Waals surface area contributed by atoms with E-state index in [0.29, 0.717) is 0 Å². The van der Waals surface area contributed by atoms with Crippen LogP contribution in [0.5, 0.6) is 0 Å². The number of nitro benzene ring substituents is 1. The molecule has 1 amide bonds. The molecule has 1 atom stereocenters. The van der Waals surface area contributed by atoms with Crippen LogP contribution in [0.4, 0.5) is 5.69 Å². The first-order valence-corrected chi connectivity index (χ1v) is 6.23. The van der Waals surface area contributed by atoms with E-state index in [2.05, 4.69) is 5.32 Å². The van der Waals surface area contributed by atoms with Gasteiger partial charge in [-0.15, -0.1) is 12.4 Å². The standard InChI is InChI=1S/C13H17N3O3.ClH/c1-9-3-4-12(16(18)19)11(7-9)13(17)15(2)10-5-6-14-8-10;/h3-4,7,10,14H,5-6,8H2,1-2H3;1H. The van der Waals surface area contributed by atoms with Gasteiger partial charge in [-0.3, -0.25) is 14.9 Å². The summed E-state index contributed by atoms with van der Waals surface area (Å²) in [6, 6.07) is 4.72. The van der Waals surface area contributed by atoms with Crippen molar-refractivity contribution in [2.24, 2.45) is 0 Å². The van der Waals surface area contributed by atoms with E-state index in [1.807, 2.05) is 6.92 Å². The van der Waals surface area contributed by atoms with Crippen LogP contribution >= 0.6 is 12.4 Å². The molecule has 0 radical (unpaired) electrons. The van der Waals surface area contributed by atoms with Gasteiger partial charge in [-0.05, 0) is 31.5 Å². The van der Waals surface area contributed by atoms with Crippen LogP contribution in [0.1, 0.15) is 22.3 Å². The third kappa shape index (κ3) is 3.26. The number of carbonyl (C=O) groups is 1. The number of carbonyl (C=O) groups excluding carboxylic acids is 1. The Kier molecular flexibility index (Phi) is 5.47. The van der Waals surface area contributed by atoms with Crippen molar-refractivity contribution in [3.05, 3.63) is 39.4 Å². The molecule has 0 saturated carbocycles. The zero-order chi connectivity index (χ0) is 14.0. The van der Waals surface area contributed by atoms with Crippen molar-refractivity contribution in [1.29, 1.82) is 0 Å². The van der Waals surface area contributed by atoms with Gasteiger partial charge in [0.05, 0.1) is 4.92 Å². The second-order valence-electron chi connectivity index (χ2n) is 4.84. The van der Waals surface area contributed by atoms with Crippen LogP contribution in [0.2, 0.25) is 0 Å². The van der Waals surface area contributed by atoms with Crippen molar-refractivity contribution in [1.82, 2.24) is 10.2 Å². The fraction of sp³-hybridized carbons (Fsp3) is 0.462. The van der Waals surface area contributed by atoms with Gasteiger partial charge in [0.2, 0.25) is 0 Å². The summed E-state index contributed by atoms with van der Waals surface area (Å²) >= 11 is 0. The molecule has 110 valence electrons. The molecule has 0 aliphatic carbocycles. The van der Waals surface area contributed by atoms with Gasteiger partial charge in [0.25, 0.3) is 11.6 Å². The number of nitrogens with zero attached hydrogens (tertiary/aromatic N) is 2. The summed E-state index contributed by atoms with van der Waals surface area (Å²) in [5.41, 5.74) is 0.875. The summed E-state index contributed by atoms with van der Waals surface area (Å²) in [6.45, 7) is 3.43. The number of aryl methyl sites for hydroxylation is 1. The lowest BCUT2D eigenvalue weighted by molar-refractivity contribution is -0.385. The van der Waals surface area contributed by atoms with Crippen molar-refractivity contribution in [3.63, 3.8) is 0 Å². The SMILES string of the molecule is Cc1ccc([N+](=O)[O-])c(C(=O)N(C)C2CCNC2)c1.Cl. The molecule has 1 aliphatic heterocycles. The van der Waals surface area contributed by atoms with E-state index in [0.717, 1.165) is 25.1 Å². The number of rotatable bonds is 3. The average molecular weight is 300 g/mol. The molecule has 0 bridgehead atoms. The number of nitrogens with one attached hydrogen (secondary N) is 1. The maximum Gasteiger partial charge on any atom is 0.282 e. The molecule has 2 rings (SSSR count). The summed E-state index contributed by atoms with van der Waals surface area (Å²) < 4.78 is 0. The van der Waals surface area contributed by atoms with E-state index in [9.17, 15) is 14.9 Å². The molecule has 20 heavy (non-hydrogen) atoms. The maximum absolute atomic E-state index is 12.4. The summed E-state index contributed by atoms with van der Waals surface area (Å²) in [7, 11) is 1.70. The number of nitro groups is 1. The van der Waals surface area contributed by atoms with Crippen LogP contribution in [-0.4, -0.2) is 41.9 Å². The number of benzene rings is 1. The summed E-state index contributed by atoms with van der Waals surface area (Å²) in [5.74, 6) is -0.288. The third-order valence-corrected chi connectivity index (χ3v) is 3.48. The first-order chi connectivity index (χ1) is 9.00. The average Bonchev–Trinajstić information content (AvgIpc) is 2.90. The summed E-state index contributed by atoms with van der Waals surface area (Å²) in [6.07, 6.45) is 0.877. The number of halogens is 1. The highest BCUT2D eigenvalue weighted by Gasteiger charge is 2.28. The fourth-order valence-electron chi connectivity index (χ4n) is 2.31. The zero-order valence-corrected chi connectivity index (χ0v) is 12.3. The molecule has 1 N–H and O–H groups in total. The molecule has 0 aromatic heterocycles. The normalized spacial score (nSPS) is 17.4. The Morgan fingerprint density at radius 3 is 2.75 bits per heavy atom. The number of hydrogen-bond acceptors (Lipinski definition) is 4. The van der Waals surface area contributed by atoms with Crippen molar-refractivity contribution >= 4 is 24.0 Å². The Hall–Kier alpha value is -1.66. The van der Waals surface area contributed by atoms with E-state index in [-0.39, 0.29) is 35.6 Å². The second-order valence-corrected chi connectivity index (χ2v) is 4.84. The largest absolute Gasteiger partial charge is 0.337 e. The lowest BCUT2D eigenvalue weighted by Crippen LogP contribution is -2.38. The van der Waals surface area contributed by atoms with Crippen molar-refractivity contribution in [3.8, 4) is 0 Å². The highest BCUT2D eigenvalue weighted by atomic mass is 35.5. The van der Waals surface area contributed by atoms with Crippen molar-refractivity contribution < 1.29 is 9.72 Å². The highest BCUT2D eigenvalue weighted by molar-refractivity contribution is 5.98. The molecule has 6 nitrogen and oxygen atoms in total. The molecule has 7 heteroatoms. The Balaban J connectivity index is 0.00000200. The zero-order valence-electron chi connectivity index (χ0n) is 11.5. The molecular formula is C13H18ClN3O3. The Labute approximate surface area is 123 Å². The molecule has 1 heterocycles. The molecule has 1 unspecified atom stereocenters. The van der Waals surface area contributed by atoms with Gasteiger partial charge in [-0.1, -0.05) is 6.07 Å². The minimum atomic E-state index is -0.507. The smallest absolute Gasteiger partial charge is 0.282 e. The van der Waals surface area contributed by atoms with E-state index in [4.69, 9.17) is 0 Å². The molecule has 1 fully saturated rings. The van der Waals surface area contributed by atoms with E-state index < -0.39 is 4.92 Å². The fourth-order valence-corrected chi connectivity index (χ4v) is 2.31. The van der Waals surface area contributed by atoms with Gasteiger partial charge in [0.1, 0.15) is 5.56 Å². The van der Waals surface area contributed by atoms with Gasteiger partial charge < -0.3 is 10.2 Å². The quantitative estimate of drug-likeness (QED) is 0.681. The number of hydrogen-bond donors (Lipinski definition) is 1. The summed E-state index contributed by atoms with van der Waals surface area (Å²) in [5, 5.41) is 14.2. The van der Waals surface area contributed by atoms with Crippen LogP contribution in [0.25, 0.3) is 0 Å². The molecular weight excluding hydrogens is 282 g/mol. The van der Waals surface area contributed by atoms with E-state index in [1.165, 1.54) is 6.07 Å². The van der Waals surface area contributed by atoms with Crippen LogP contribution in [0.15, 0.2) is 18.2 Å². The molecule has 1 saturated heterocycles. The first kappa shape index (κ1) is 16.4. The Morgan fingerprint density at radius 1 is 1.50 bits per heavy atom. The van der Waals surface area contributed by atoms with Gasteiger partial charge in [-0.25, -0.2) is 0 Å². The van der Waals surface area contributed by atoms with Crippen LogP contribution in [0, 0.1) is 17.0 Å². The Morgan fingerprint density at radius 2 is 2.20 bits per heavy atom. The van der Waals surface area contributed by atoms with Gasteiger partial charge >= 0.3 is 0 Å². The predicted molar refractivity (Wildman–Crippen MR) is 78.4 cm³/mol. The third-order valence-electron chi connectivity index (χ3n) is 3.48. The molecule has 1 aromatic rings. The molecule has 1 aliphatic rings. The highest BCUT2D eigenvalue weighted by Crippen LogP contribution is 2.22. The molecule has 0 spiro atoms. The van der Waals surface area contributed by atoms with E-state index >= 15 is 0 Å². The Bertz CT molecular complexity index is 516. The van der Waals surface area contributed by atoms with Crippen molar-refractivity contribution in [2.75, 3.05) is 20.1 Å². The number of amides is 1. The van der Waals surface area contributed by atoms with Crippen LogP contribution < -0.4 is 5.32 Å². The maximum atomic E-state index is 12.4. The van der Waals surface area contributed by atoms with Crippen LogP contribution in [-0.2, 0) is 0 Å². The van der Waals surface area contributed by atoms with Gasteiger partial charge in [-0.2, -0.15) is 0 Å². The lowest BCUT2D eigenvalue weighted by atomic mass is 10.1. The second kappa shape index (κ2) is 6.67. The number of likely N-dealkylation sites (N-methyl/N-ethyl adjacent to an activating group) is 1. The van der Waals surface area contributed by atoms with Crippen molar-refractivity contribution in [2.45, 2.75) is 19.4 Å². The van der Waals surface area contributed by atoms with Gasteiger partial charge in [0, 0.05) is 25.7 Å². The van der Waals surface area contributed by atoms with E-state index in [1.54, 1.807) is 24.1 Å². The summed E-state index contributed by atoms with van der Waals surface area (Å²) in [4.78, 5) is 24.5. The minimum Gasteiger partial charge on any atom is -0.337 e.